The molecule has 2 rings (SSSR count). The molecule has 0 radical (unpaired) electrons. The van der Waals surface area contributed by atoms with Crippen molar-refractivity contribution in [2.45, 2.75) is 77.5 Å². The van der Waals surface area contributed by atoms with Gasteiger partial charge in [0.15, 0.2) is 0 Å². The lowest BCUT2D eigenvalue weighted by atomic mass is 9.96. The number of nitrogens with one attached hydrogen (secondary N) is 1. The van der Waals surface area contributed by atoms with Crippen LogP contribution in [0.2, 0.25) is 0 Å². The Morgan fingerprint density at radius 3 is 2.20 bits per heavy atom. The van der Waals surface area contributed by atoms with E-state index >= 15 is 0 Å². The maximum atomic E-state index is 5.67. The Hall–Kier alpha value is -1.02. The van der Waals surface area contributed by atoms with Crippen LogP contribution in [0.3, 0.4) is 0 Å². The van der Waals surface area contributed by atoms with Crippen LogP contribution in [0.15, 0.2) is 24.3 Å². The molecule has 1 aliphatic carbocycles. The molecule has 1 aromatic rings. The van der Waals surface area contributed by atoms with Gasteiger partial charge in [0, 0.05) is 12.6 Å². The third kappa shape index (κ3) is 5.54. The van der Waals surface area contributed by atoms with Crippen molar-refractivity contribution in [3.63, 3.8) is 0 Å². The highest BCUT2D eigenvalue weighted by Crippen LogP contribution is 2.18. The molecule has 2 heteroatoms. The summed E-state index contributed by atoms with van der Waals surface area (Å²) in [6.07, 6.45) is 9.97. The second-order valence-corrected chi connectivity index (χ2v) is 6.23. The van der Waals surface area contributed by atoms with Gasteiger partial charge < -0.3 is 10.1 Å². The zero-order valence-electron chi connectivity index (χ0n) is 13.0. The van der Waals surface area contributed by atoms with E-state index < -0.39 is 0 Å². The van der Waals surface area contributed by atoms with Crippen molar-refractivity contribution in [1.82, 2.24) is 5.32 Å². The first kappa shape index (κ1) is 15.4. The Kier molecular flexibility index (Phi) is 6.38. The summed E-state index contributed by atoms with van der Waals surface area (Å²) in [5.41, 5.74) is 1.35. The van der Waals surface area contributed by atoms with Gasteiger partial charge in [0.1, 0.15) is 5.75 Å². The fourth-order valence-corrected chi connectivity index (χ4v) is 2.88. The van der Waals surface area contributed by atoms with Crippen molar-refractivity contribution in [3.05, 3.63) is 29.8 Å². The molecule has 0 spiro atoms. The average Bonchev–Trinajstić information content (AvgIpc) is 2.38. The molecule has 0 unspecified atom stereocenters. The van der Waals surface area contributed by atoms with Gasteiger partial charge in [-0.3, -0.25) is 0 Å². The topological polar surface area (TPSA) is 21.3 Å². The standard InChI is InChI=1S/C18H29NO/c1-15(2)20-18-12-10-16(11-13-18)14-19-17-8-6-4-3-5-7-9-17/h10-13,15,17,19H,3-9,14H2,1-2H3. The summed E-state index contributed by atoms with van der Waals surface area (Å²) in [7, 11) is 0. The summed E-state index contributed by atoms with van der Waals surface area (Å²) in [4.78, 5) is 0. The lowest BCUT2D eigenvalue weighted by molar-refractivity contribution is 0.242. The van der Waals surface area contributed by atoms with E-state index in [-0.39, 0.29) is 6.10 Å². The normalized spacial score (nSPS) is 17.8. The van der Waals surface area contributed by atoms with Crippen molar-refractivity contribution in [3.8, 4) is 5.75 Å². The Labute approximate surface area is 123 Å². The van der Waals surface area contributed by atoms with E-state index in [2.05, 4.69) is 43.4 Å². The van der Waals surface area contributed by atoms with Gasteiger partial charge in [-0.25, -0.2) is 0 Å². The Balaban J connectivity index is 1.77. The number of benzene rings is 1. The van der Waals surface area contributed by atoms with E-state index in [1.54, 1.807) is 0 Å². The smallest absolute Gasteiger partial charge is 0.119 e. The van der Waals surface area contributed by atoms with Gasteiger partial charge in [-0.1, -0.05) is 44.2 Å². The van der Waals surface area contributed by atoms with Gasteiger partial charge in [-0.2, -0.15) is 0 Å². The lowest BCUT2D eigenvalue weighted by Gasteiger charge is -2.21. The van der Waals surface area contributed by atoms with Crippen molar-refractivity contribution >= 4 is 0 Å². The Morgan fingerprint density at radius 2 is 1.60 bits per heavy atom. The van der Waals surface area contributed by atoms with Crippen LogP contribution in [-0.4, -0.2) is 12.1 Å². The molecule has 1 aliphatic rings. The van der Waals surface area contributed by atoms with Gasteiger partial charge in [0.05, 0.1) is 6.10 Å². The van der Waals surface area contributed by atoms with E-state index in [4.69, 9.17) is 4.74 Å². The molecule has 1 fully saturated rings. The maximum absolute atomic E-state index is 5.67. The number of rotatable bonds is 5. The summed E-state index contributed by atoms with van der Waals surface area (Å²) < 4.78 is 5.67. The van der Waals surface area contributed by atoms with Crippen LogP contribution < -0.4 is 10.1 Å². The van der Waals surface area contributed by atoms with E-state index in [0.717, 1.165) is 12.3 Å². The minimum absolute atomic E-state index is 0.244. The molecule has 0 saturated heterocycles. The van der Waals surface area contributed by atoms with Crippen LogP contribution in [-0.2, 0) is 6.54 Å². The largest absolute Gasteiger partial charge is 0.491 e. The summed E-state index contributed by atoms with van der Waals surface area (Å²) in [6.45, 7) is 5.10. The summed E-state index contributed by atoms with van der Waals surface area (Å²) in [5, 5.41) is 3.73. The molecule has 0 heterocycles. The summed E-state index contributed by atoms with van der Waals surface area (Å²) in [5.74, 6) is 0.967. The first-order valence-electron chi connectivity index (χ1n) is 8.23. The number of hydrogen-bond acceptors (Lipinski definition) is 2. The number of hydrogen-bond donors (Lipinski definition) is 1. The zero-order chi connectivity index (χ0) is 14.2. The maximum Gasteiger partial charge on any atom is 0.119 e. The van der Waals surface area contributed by atoms with Crippen molar-refractivity contribution < 1.29 is 4.74 Å². The van der Waals surface area contributed by atoms with Crippen molar-refractivity contribution in [2.24, 2.45) is 0 Å². The highest BCUT2D eigenvalue weighted by molar-refractivity contribution is 5.27. The third-order valence-electron chi connectivity index (χ3n) is 4.00. The lowest BCUT2D eigenvalue weighted by Crippen LogP contribution is -2.29. The van der Waals surface area contributed by atoms with Gasteiger partial charge in [-0.15, -0.1) is 0 Å². The molecule has 0 atom stereocenters. The van der Waals surface area contributed by atoms with Crippen molar-refractivity contribution in [1.29, 1.82) is 0 Å². The van der Waals surface area contributed by atoms with Crippen LogP contribution in [0.25, 0.3) is 0 Å². The molecule has 2 nitrogen and oxygen atoms in total. The second kappa shape index (κ2) is 8.31. The molecule has 0 aliphatic heterocycles. The molecule has 1 saturated carbocycles. The van der Waals surface area contributed by atoms with Crippen LogP contribution in [0.1, 0.15) is 64.4 Å². The van der Waals surface area contributed by atoms with Crippen molar-refractivity contribution in [2.75, 3.05) is 0 Å². The highest BCUT2D eigenvalue weighted by Gasteiger charge is 2.10. The molecule has 1 N–H and O–H groups in total. The summed E-state index contributed by atoms with van der Waals surface area (Å²) >= 11 is 0. The zero-order valence-corrected chi connectivity index (χ0v) is 13.0. The van der Waals surface area contributed by atoms with E-state index in [9.17, 15) is 0 Å². The van der Waals surface area contributed by atoms with E-state index in [0.29, 0.717) is 6.04 Å². The van der Waals surface area contributed by atoms with Crippen LogP contribution >= 0.6 is 0 Å². The highest BCUT2D eigenvalue weighted by atomic mass is 16.5. The average molecular weight is 275 g/mol. The molecule has 0 amide bonds. The third-order valence-corrected chi connectivity index (χ3v) is 4.00. The molecular formula is C18H29NO. The van der Waals surface area contributed by atoms with E-state index in [1.807, 2.05) is 0 Å². The molecule has 1 aromatic carbocycles. The quantitative estimate of drug-likeness (QED) is 0.842. The molecular weight excluding hydrogens is 246 g/mol. The first-order valence-corrected chi connectivity index (χ1v) is 8.23. The fraction of sp³-hybridized carbons (Fsp3) is 0.667. The first-order chi connectivity index (χ1) is 9.74. The van der Waals surface area contributed by atoms with Crippen LogP contribution in [0.5, 0.6) is 5.75 Å². The monoisotopic (exact) mass is 275 g/mol. The van der Waals surface area contributed by atoms with Gasteiger partial charge in [0.25, 0.3) is 0 Å². The molecule has 20 heavy (non-hydrogen) atoms. The van der Waals surface area contributed by atoms with E-state index in [1.165, 1.54) is 50.5 Å². The van der Waals surface area contributed by atoms with Gasteiger partial charge in [0.2, 0.25) is 0 Å². The minimum atomic E-state index is 0.244. The Morgan fingerprint density at radius 1 is 1.00 bits per heavy atom. The van der Waals surface area contributed by atoms with Gasteiger partial charge >= 0.3 is 0 Å². The molecule has 0 bridgehead atoms. The second-order valence-electron chi connectivity index (χ2n) is 6.23. The molecule has 0 aromatic heterocycles. The van der Waals surface area contributed by atoms with Gasteiger partial charge in [-0.05, 0) is 44.4 Å². The molecule has 112 valence electrons. The SMILES string of the molecule is CC(C)Oc1ccc(CNC2CCCCCCC2)cc1. The minimum Gasteiger partial charge on any atom is -0.491 e. The van der Waals surface area contributed by atoms with Crippen LogP contribution in [0, 0.1) is 0 Å². The predicted octanol–water partition coefficient (Wildman–Crippen LogP) is 4.68. The number of ether oxygens (including phenoxy) is 1. The fourth-order valence-electron chi connectivity index (χ4n) is 2.88. The van der Waals surface area contributed by atoms with Crippen LogP contribution in [0.4, 0.5) is 0 Å². The Bertz CT molecular complexity index is 364. The summed E-state index contributed by atoms with van der Waals surface area (Å²) in [6, 6.07) is 9.22. The predicted molar refractivity (Wildman–Crippen MR) is 85.2 cm³/mol.